The van der Waals surface area contributed by atoms with E-state index < -0.39 is 0 Å². The molecule has 0 bridgehead atoms. The fourth-order valence-corrected chi connectivity index (χ4v) is 1.43. The molecule has 0 aliphatic rings. The zero-order valence-corrected chi connectivity index (χ0v) is 7.73. The molecular formula is C9H11NOS. The zero-order chi connectivity index (χ0) is 8.81. The Morgan fingerprint density at radius 2 is 2.42 bits per heavy atom. The normalized spacial score (nSPS) is 9.42. The maximum absolute atomic E-state index is 10.0. The van der Waals surface area contributed by atoms with Gasteiger partial charge in [-0.2, -0.15) is 0 Å². The highest BCUT2D eigenvalue weighted by Gasteiger charge is 1.92. The van der Waals surface area contributed by atoms with Gasteiger partial charge in [-0.05, 0) is 24.0 Å². The number of amides is 1. The summed E-state index contributed by atoms with van der Waals surface area (Å²) in [7, 11) is 0. The molecule has 0 aliphatic carbocycles. The Hall–Kier alpha value is -0.960. The molecule has 2 nitrogen and oxygen atoms in total. The molecule has 1 rings (SSSR count). The molecule has 0 atom stereocenters. The van der Waals surface area contributed by atoms with Crippen molar-refractivity contribution in [2.75, 3.05) is 6.26 Å². The Morgan fingerprint density at radius 1 is 1.58 bits per heavy atom. The van der Waals surface area contributed by atoms with Crippen molar-refractivity contribution in [1.82, 2.24) is 5.32 Å². The molecule has 3 heteroatoms. The summed E-state index contributed by atoms with van der Waals surface area (Å²) in [6, 6.07) is 8.11. The van der Waals surface area contributed by atoms with Gasteiger partial charge < -0.3 is 5.32 Å². The molecule has 0 saturated carbocycles. The van der Waals surface area contributed by atoms with Crippen molar-refractivity contribution >= 4 is 18.2 Å². The van der Waals surface area contributed by atoms with Gasteiger partial charge in [0.15, 0.2) is 0 Å². The number of thioether (sulfide) groups is 1. The SMILES string of the molecule is CSc1cccc(CNC=O)c1. The van der Waals surface area contributed by atoms with E-state index in [4.69, 9.17) is 0 Å². The van der Waals surface area contributed by atoms with Crippen LogP contribution in [0.3, 0.4) is 0 Å². The lowest BCUT2D eigenvalue weighted by molar-refractivity contribution is -0.109. The smallest absolute Gasteiger partial charge is 0.207 e. The van der Waals surface area contributed by atoms with Gasteiger partial charge >= 0.3 is 0 Å². The number of nitrogens with one attached hydrogen (secondary N) is 1. The largest absolute Gasteiger partial charge is 0.355 e. The van der Waals surface area contributed by atoms with Crippen LogP contribution in [0.15, 0.2) is 29.2 Å². The van der Waals surface area contributed by atoms with Crippen LogP contribution < -0.4 is 5.32 Å². The molecule has 0 fully saturated rings. The van der Waals surface area contributed by atoms with Crippen LogP contribution in [0.5, 0.6) is 0 Å². The Bertz CT molecular complexity index is 262. The number of hydrogen-bond acceptors (Lipinski definition) is 2. The number of carbonyl (C=O) groups excluding carboxylic acids is 1. The molecule has 64 valence electrons. The molecule has 0 unspecified atom stereocenters. The van der Waals surface area contributed by atoms with E-state index in [1.54, 1.807) is 11.8 Å². The van der Waals surface area contributed by atoms with Crippen molar-refractivity contribution in [3.63, 3.8) is 0 Å². The molecule has 1 aromatic carbocycles. The van der Waals surface area contributed by atoms with Crippen LogP contribution in [-0.2, 0) is 11.3 Å². The Morgan fingerprint density at radius 3 is 3.08 bits per heavy atom. The lowest BCUT2D eigenvalue weighted by Crippen LogP contribution is -2.09. The van der Waals surface area contributed by atoms with Crippen LogP contribution in [0.4, 0.5) is 0 Å². The first-order valence-electron chi connectivity index (χ1n) is 3.67. The Balaban J connectivity index is 2.65. The molecule has 0 saturated heterocycles. The van der Waals surface area contributed by atoms with Crippen LogP contribution in [0.25, 0.3) is 0 Å². The predicted octanol–water partition coefficient (Wildman–Crippen LogP) is 1.65. The maximum Gasteiger partial charge on any atom is 0.207 e. The Kier molecular flexibility index (Phi) is 3.67. The molecule has 0 heterocycles. The van der Waals surface area contributed by atoms with Gasteiger partial charge in [0, 0.05) is 11.4 Å². The third kappa shape index (κ3) is 2.58. The van der Waals surface area contributed by atoms with Gasteiger partial charge in [0.2, 0.25) is 6.41 Å². The average molecular weight is 181 g/mol. The second kappa shape index (κ2) is 4.83. The minimum absolute atomic E-state index is 0.609. The van der Waals surface area contributed by atoms with E-state index >= 15 is 0 Å². The lowest BCUT2D eigenvalue weighted by Gasteiger charge is -2.01. The second-order valence-corrected chi connectivity index (χ2v) is 3.23. The molecule has 0 aromatic heterocycles. The summed E-state index contributed by atoms with van der Waals surface area (Å²) >= 11 is 1.70. The first-order valence-corrected chi connectivity index (χ1v) is 4.89. The number of hydrogen-bond donors (Lipinski definition) is 1. The van der Waals surface area contributed by atoms with Crippen molar-refractivity contribution in [1.29, 1.82) is 0 Å². The van der Waals surface area contributed by atoms with Crippen LogP contribution in [0, 0.1) is 0 Å². The highest BCUT2D eigenvalue weighted by Crippen LogP contribution is 2.15. The van der Waals surface area contributed by atoms with Gasteiger partial charge in [0.1, 0.15) is 0 Å². The van der Waals surface area contributed by atoms with E-state index in [-0.39, 0.29) is 0 Å². The topological polar surface area (TPSA) is 29.1 Å². The fourth-order valence-electron chi connectivity index (χ4n) is 0.942. The van der Waals surface area contributed by atoms with Gasteiger partial charge in [-0.25, -0.2) is 0 Å². The van der Waals surface area contributed by atoms with Crippen LogP contribution in [0.1, 0.15) is 5.56 Å². The van der Waals surface area contributed by atoms with E-state index in [0.717, 1.165) is 5.56 Å². The first-order chi connectivity index (χ1) is 5.86. The summed E-state index contributed by atoms with van der Waals surface area (Å²) in [5.41, 5.74) is 1.13. The second-order valence-electron chi connectivity index (χ2n) is 2.35. The van der Waals surface area contributed by atoms with E-state index in [1.807, 2.05) is 18.4 Å². The summed E-state index contributed by atoms with van der Waals surface area (Å²) in [5, 5.41) is 2.63. The lowest BCUT2D eigenvalue weighted by atomic mass is 10.2. The summed E-state index contributed by atoms with van der Waals surface area (Å²) < 4.78 is 0. The minimum atomic E-state index is 0.609. The van der Waals surface area contributed by atoms with Gasteiger partial charge in [-0.3, -0.25) is 4.79 Å². The third-order valence-electron chi connectivity index (χ3n) is 1.52. The average Bonchev–Trinajstić information content (AvgIpc) is 2.15. The third-order valence-corrected chi connectivity index (χ3v) is 2.25. The quantitative estimate of drug-likeness (QED) is 0.565. The van der Waals surface area contributed by atoms with Gasteiger partial charge in [-0.1, -0.05) is 12.1 Å². The molecule has 0 radical (unpaired) electrons. The number of rotatable bonds is 4. The summed E-state index contributed by atoms with van der Waals surface area (Å²) in [6.45, 7) is 0.609. The van der Waals surface area contributed by atoms with Gasteiger partial charge in [0.25, 0.3) is 0 Å². The van der Waals surface area contributed by atoms with Crippen molar-refractivity contribution in [2.24, 2.45) is 0 Å². The summed E-state index contributed by atoms with van der Waals surface area (Å²) in [5.74, 6) is 0. The van der Waals surface area contributed by atoms with Crippen molar-refractivity contribution in [2.45, 2.75) is 11.4 Å². The molecule has 1 aromatic rings. The van der Waals surface area contributed by atoms with Crippen LogP contribution >= 0.6 is 11.8 Å². The molecule has 1 amide bonds. The van der Waals surface area contributed by atoms with Crippen molar-refractivity contribution < 1.29 is 4.79 Å². The fraction of sp³-hybridized carbons (Fsp3) is 0.222. The maximum atomic E-state index is 10.0. The molecular weight excluding hydrogens is 170 g/mol. The van der Waals surface area contributed by atoms with Crippen LogP contribution in [0.2, 0.25) is 0 Å². The summed E-state index contributed by atoms with van der Waals surface area (Å²) in [4.78, 5) is 11.2. The van der Waals surface area contributed by atoms with E-state index in [9.17, 15) is 4.79 Å². The molecule has 0 aliphatic heterocycles. The van der Waals surface area contributed by atoms with Gasteiger partial charge in [0.05, 0.1) is 0 Å². The monoisotopic (exact) mass is 181 g/mol. The molecule has 12 heavy (non-hydrogen) atoms. The number of benzene rings is 1. The molecule has 0 spiro atoms. The van der Waals surface area contributed by atoms with Crippen molar-refractivity contribution in [3.05, 3.63) is 29.8 Å². The highest BCUT2D eigenvalue weighted by molar-refractivity contribution is 7.98. The van der Waals surface area contributed by atoms with Crippen molar-refractivity contribution in [3.8, 4) is 0 Å². The van der Waals surface area contributed by atoms with E-state index in [1.165, 1.54) is 4.90 Å². The van der Waals surface area contributed by atoms with Crippen LogP contribution in [-0.4, -0.2) is 12.7 Å². The molecule has 1 N–H and O–H groups in total. The summed E-state index contributed by atoms with van der Waals surface area (Å²) in [6.07, 6.45) is 2.75. The minimum Gasteiger partial charge on any atom is -0.355 e. The van der Waals surface area contributed by atoms with E-state index in [0.29, 0.717) is 13.0 Å². The van der Waals surface area contributed by atoms with E-state index in [2.05, 4.69) is 17.4 Å². The zero-order valence-electron chi connectivity index (χ0n) is 6.91. The highest BCUT2D eigenvalue weighted by atomic mass is 32.2. The van der Waals surface area contributed by atoms with Gasteiger partial charge in [-0.15, -0.1) is 11.8 Å². The number of carbonyl (C=O) groups is 1. The standard InChI is InChI=1S/C9H11NOS/c1-12-9-4-2-3-8(5-9)6-10-7-11/h2-5,7H,6H2,1H3,(H,10,11). The predicted molar refractivity (Wildman–Crippen MR) is 51.1 cm³/mol. The first kappa shape index (κ1) is 9.13. The Labute approximate surface area is 76.4 Å².